The van der Waals surface area contributed by atoms with Crippen molar-refractivity contribution in [1.29, 1.82) is 0 Å². The Balaban J connectivity index is 2.05. The smallest absolute Gasteiger partial charge is 0.346 e. The first kappa shape index (κ1) is 14.7. The van der Waals surface area contributed by atoms with Crippen molar-refractivity contribution in [1.82, 2.24) is 15.0 Å². The maximum atomic E-state index is 13.3. The minimum absolute atomic E-state index is 0.238. The molecule has 5 nitrogen and oxygen atoms in total. The van der Waals surface area contributed by atoms with Crippen molar-refractivity contribution in [2.75, 3.05) is 0 Å². The van der Waals surface area contributed by atoms with Gasteiger partial charge in [0, 0.05) is 19.2 Å². The van der Waals surface area contributed by atoms with Crippen molar-refractivity contribution in [2.45, 2.75) is 36.5 Å². The van der Waals surface area contributed by atoms with Crippen molar-refractivity contribution >= 4 is 32.7 Å². The van der Waals surface area contributed by atoms with E-state index in [2.05, 4.69) is 31.3 Å². The first-order valence-corrected chi connectivity index (χ1v) is 7.30. The molecule has 0 saturated carbocycles. The maximum Gasteiger partial charge on any atom is 0.346 e. The zero-order valence-corrected chi connectivity index (χ0v) is 13.1. The number of oxime groups is 1. The molecular weight excluding hydrogens is 342 g/mol. The van der Waals surface area contributed by atoms with Crippen LogP contribution in [0.4, 0.5) is 8.78 Å². The average Bonchev–Trinajstić information content (AvgIpc) is 2.78. The van der Waals surface area contributed by atoms with E-state index in [0.29, 0.717) is 6.42 Å². The number of nitrogens with zero attached hydrogens (tertiary/aromatic N) is 4. The van der Waals surface area contributed by atoms with E-state index in [4.69, 9.17) is 4.84 Å². The van der Waals surface area contributed by atoms with E-state index >= 15 is 0 Å². The number of thioether (sulfide) groups is 1. The van der Waals surface area contributed by atoms with Crippen LogP contribution in [-0.4, -0.2) is 25.6 Å². The lowest BCUT2D eigenvalue weighted by atomic mass is 10.1. The molecule has 0 atom stereocenters. The van der Waals surface area contributed by atoms with Crippen LogP contribution >= 0.6 is 27.7 Å². The highest BCUT2D eigenvalue weighted by molar-refractivity contribution is 9.09. The van der Waals surface area contributed by atoms with Crippen LogP contribution in [-0.2, 0) is 22.5 Å². The Kier molecular flexibility index (Phi) is 3.87. The van der Waals surface area contributed by atoms with Gasteiger partial charge in [-0.3, -0.25) is 0 Å². The molecule has 9 heteroatoms. The van der Waals surface area contributed by atoms with Gasteiger partial charge in [-0.15, -0.1) is 11.8 Å². The predicted molar refractivity (Wildman–Crippen MR) is 72.3 cm³/mol. The Morgan fingerprint density at radius 1 is 1.47 bits per heavy atom. The van der Waals surface area contributed by atoms with Crippen LogP contribution in [0.5, 0.6) is 0 Å². The predicted octanol–water partition coefficient (Wildman–Crippen LogP) is 3.00. The molecule has 2 heterocycles. The lowest BCUT2D eigenvalue weighted by molar-refractivity contribution is 0.0123. The second-order valence-electron chi connectivity index (χ2n) is 4.78. The monoisotopic (exact) mass is 354 g/mol. The average molecular weight is 355 g/mol. The van der Waals surface area contributed by atoms with E-state index in [1.165, 1.54) is 18.8 Å². The zero-order chi connectivity index (χ0) is 14.3. The summed E-state index contributed by atoms with van der Waals surface area (Å²) >= 11 is 3.65. The zero-order valence-electron chi connectivity index (χ0n) is 10.7. The molecule has 0 aliphatic carbocycles. The molecule has 0 N–H and O–H groups in total. The molecule has 1 aromatic rings. The summed E-state index contributed by atoms with van der Waals surface area (Å²) in [6.07, 6.45) is 0.665. The van der Waals surface area contributed by atoms with Crippen LogP contribution in [0.15, 0.2) is 5.16 Å². The Bertz CT molecular complexity index is 512. The van der Waals surface area contributed by atoms with Gasteiger partial charge in [0.05, 0.1) is 0 Å². The molecule has 1 aromatic heterocycles. The van der Waals surface area contributed by atoms with Crippen LogP contribution in [0.25, 0.3) is 0 Å². The van der Waals surface area contributed by atoms with E-state index < -0.39 is 4.83 Å². The van der Waals surface area contributed by atoms with E-state index in [0.717, 1.165) is 9.84 Å². The van der Waals surface area contributed by atoms with Gasteiger partial charge in [0.15, 0.2) is 5.69 Å². The molecule has 0 unspecified atom stereocenters. The molecule has 0 fully saturated rings. The largest absolute Gasteiger partial charge is 0.389 e. The summed E-state index contributed by atoms with van der Waals surface area (Å²) < 4.78 is 26.6. The van der Waals surface area contributed by atoms with Crippen molar-refractivity contribution in [3.8, 4) is 0 Å². The highest BCUT2D eigenvalue weighted by Crippen LogP contribution is 2.36. The van der Waals surface area contributed by atoms with Crippen LogP contribution in [0.2, 0.25) is 0 Å². The Labute approximate surface area is 121 Å². The molecule has 19 heavy (non-hydrogen) atoms. The molecule has 1 aliphatic rings. The number of halogens is 3. The second kappa shape index (κ2) is 5.01. The third-order valence-electron chi connectivity index (χ3n) is 2.40. The van der Waals surface area contributed by atoms with Gasteiger partial charge < -0.3 is 4.84 Å². The van der Waals surface area contributed by atoms with Crippen molar-refractivity contribution in [3.63, 3.8) is 0 Å². The van der Waals surface area contributed by atoms with Crippen molar-refractivity contribution in [2.24, 2.45) is 12.2 Å². The van der Waals surface area contributed by atoms with Gasteiger partial charge in [0.25, 0.3) is 0 Å². The van der Waals surface area contributed by atoms with Crippen LogP contribution in [0.3, 0.4) is 0 Å². The Hall–Kier alpha value is -0.700. The number of aromatic nitrogens is 3. The summed E-state index contributed by atoms with van der Waals surface area (Å²) in [5, 5.41) is 12.3. The maximum absolute atomic E-state index is 13.3. The quantitative estimate of drug-likeness (QED) is 0.783. The Morgan fingerprint density at radius 3 is 2.68 bits per heavy atom. The summed E-state index contributed by atoms with van der Waals surface area (Å²) in [6.45, 7) is 3.84. The van der Waals surface area contributed by atoms with Gasteiger partial charge in [-0.2, -0.15) is 23.8 Å². The van der Waals surface area contributed by atoms with E-state index in [-0.39, 0.29) is 22.7 Å². The third-order valence-corrected chi connectivity index (χ3v) is 3.74. The van der Waals surface area contributed by atoms with Gasteiger partial charge in [-0.1, -0.05) is 5.16 Å². The lowest BCUT2D eigenvalue weighted by Gasteiger charge is -2.13. The number of aryl methyl sites for hydroxylation is 1. The van der Waals surface area contributed by atoms with Crippen LogP contribution < -0.4 is 0 Å². The fraction of sp³-hybridized carbons (Fsp3) is 0.700. The number of alkyl halides is 3. The van der Waals surface area contributed by atoms with Crippen LogP contribution in [0, 0.1) is 0 Å². The standard InChI is InChI=1S/C10H13BrF2N4OS/c1-9(2)4-7(16-18-9)19-5-6-8(10(11,12)13)15-17(3)14-6/h4-5H2,1-3H3. The topological polar surface area (TPSA) is 52.3 Å². The molecule has 0 spiro atoms. The summed E-state index contributed by atoms with van der Waals surface area (Å²) in [6, 6.07) is 0. The third kappa shape index (κ3) is 3.65. The SMILES string of the molecule is Cn1nc(CSC2=NOC(C)(C)C2)c(C(F)(F)Br)n1. The molecule has 0 saturated heterocycles. The lowest BCUT2D eigenvalue weighted by Crippen LogP contribution is -2.18. The van der Waals surface area contributed by atoms with Gasteiger partial charge in [0.1, 0.15) is 16.3 Å². The van der Waals surface area contributed by atoms with Crippen LogP contribution in [0.1, 0.15) is 31.7 Å². The highest BCUT2D eigenvalue weighted by atomic mass is 79.9. The molecule has 0 aromatic carbocycles. The van der Waals surface area contributed by atoms with E-state index in [9.17, 15) is 8.78 Å². The number of rotatable bonds is 3. The normalized spacial score (nSPS) is 18.3. The van der Waals surface area contributed by atoms with Crippen molar-refractivity contribution in [3.05, 3.63) is 11.4 Å². The van der Waals surface area contributed by atoms with E-state index in [1.54, 1.807) is 0 Å². The van der Waals surface area contributed by atoms with Gasteiger partial charge in [-0.25, -0.2) is 0 Å². The highest BCUT2D eigenvalue weighted by Gasteiger charge is 2.35. The molecule has 106 valence electrons. The molecule has 0 amide bonds. The van der Waals surface area contributed by atoms with E-state index in [1.807, 2.05) is 13.8 Å². The summed E-state index contributed by atoms with van der Waals surface area (Å²) in [4.78, 5) is 3.17. The fourth-order valence-electron chi connectivity index (χ4n) is 1.60. The summed E-state index contributed by atoms with van der Waals surface area (Å²) in [5.41, 5.74) is -0.449. The summed E-state index contributed by atoms with van der Waals surface area (Å²) in [7, 11) is 1.51. The first-order valence-electron chi connectivity index (χ1n) is 5.53. The van der Waals surface area contributed by atoms with Gasteiger partial charge >= 0.3 is 4.83 Å². The second-order valence-corrected chi connectivity index (χ2v) is 6.83. The molecule has 1 aliphatic heterocycles. The van der Waals surface area contributed by atoms with Gasteiger partial charge in [-0.05, 0) is 29.8 Å². The number of hydrogen-bond donors (Lipinski definition) is 0. The minimum atomic E-state index is -3.18. The Morgan fingerprint density at radius 2 is 2.16 bits per heavy atom. The van der Waals surface area contributed by atoms with Gasteiger partial charge in [0.2, 0.25) is 0 Å². The molecular formula is C10H13BrF2N4OS. The minimum Gasteiger partial charge on any atom is -0.389 e. The molecule has 2 rings (SSSR count). The fourth-order valence-corrected chi connectivity index (χ4v) is 2.94. The first-order chi connectivity index (χ1) is 8.67. The molecule has 0 radical (unpaired) electrons. The summed E-state index contributed by atoms with van der Waals surface area (Å²) in [5.74, 6) is 0.280. The number of hydrogen-bond acceptors (Lipinski definition) is 5. The molecule has 0 bridgehead atoms. The van der Waals surface area contributed by atoms with Crippen molar-refractivity contribution < 1.29 is 13.6 Å².